The SMILES string of the molecule is Cc1cc(Cl)ccc1OCC(=O)N1CCC(N(C)c2ccccc2)CC1. The molecule has 0 atom stereocenters. The molecule has 0 bridgehead atoms. The zero-order chi connectivity index (χ0) is 18.5. The third kappa shape index (κ3) is 4.50. The maximum Gasteiger partial charge on any atom is 0.260 e. The van der Waals surface area contributed by atoms with Crippen molar-refractivity contribution < 1.29 is 9.53 Å². The Balaban J connectivity index is 1.49. The molecular formula is C21H25ClN2O2. The molecule has 26 heavy (non-hydrogen) atoms. The predicted molar refractivity (Wildman–Crippen MR) is 106 cm³/mol. The van der Waals surface area contributed by atoms with Gasteiger partial charge >= 0.3 is 0 Å². The Morgan fingerprint density at radius 1 is 1.19 bits per heavy atom. The van der Waals surface area contributed by atoms with Crippen LogP contribution in [0.1, 0.15) is 18.4 Å². The lowest BCUT2D eigenvalue weighted by atomic mass is 10.0. The van der Waals surface area contributed by atoms with Crippen molar-refractivity contribution in [2.45, 2.75) is 25.8 Å². The first-order chi connectivity index (χ1) is 12.5. The number of rotatable bonds is 5. The second-order valence-corrected chi connectivity index (χ2v) is 7.19. The van der Waals surface area contributed by atoms with E-state index in [9.17, 15) is 4.79 Å². The number of anilines is 1. The summed E-state index contributed by atoms with van der Waals surface area (Å²) in [6, 6.07) is 16.3. The van der Waals surface area contributed by atoms with Crippen LogP contribution >= 0.6 is 11.6 Å². The number of likely N-dealkylation sites (tertiary alicyclic amines) is 1. The first-order valence-corrected chi connectivity index (χ1v) is 9.37. The molecule has 0 aromatic heterocycles. The molecule has 0 radical (unpaired) electrons. The minimum Gasteiger partial charge on any atom is -0.483 e. The molecule has 5 heteroatoms. The maximum absolute atomic E-state index is 12.5. The van der Waals surface area contributed by atoms with Gasteiger partial charge in [-0.3, -0.25) is 4.79 Å². The van der Waals surface area contributed by atoms with E-state index in [1.807, 2.05) is 30.0 Å². The number of halogens is 1. The Labute approximate surface area is 160 Å². The van der Waals surface area contributed by atoms with Gasteiger partial charge < -0.3 is 14.5 Å². The van der Waals surface area contributed by atoms with Crippen molar-refractivity contribution in [3.05, 3.63) is 59.1 Å². The van der Waals surface area contributed by atoms with Crippen LogP contribution in [0.2, 0.25) is 5.02 Å². The summed E-state index contributed by atoms with van der Waals surface area (Å²) < 4.78 is 5.69. The number of carbonyl (C=O) groups is 1. The number of para-hydroxylation sites is 1. The summed E-state index contributed by atoms with van der Waals surface area (Å²) in [5.41, 5.74) is 2.16. The fraction of sp³-hybridized carbons (Fsp3) is 0.381. The molecule has 1 saturated heterocycles. The third-order valence-electron chi connectivity index (χ3n) is 5.02. The molecular weight excluding hydrogens is 348 g/mol. The van der Waals surface area contributed by atoms with Crippen LogP contribution in [0.25, 0.3) is 0 Å². The average molecular weight is 373 g/mol. The largest absolute Gasteiger partial charge is 0.483 e. The standard InChI is InChI=1S/C21H25ClN2O2/c1-16-14-17(22)8-9-20(16)26-15-21(25)24-12-10-19(11-13-24)23(2)18-6-4-3-5-7-18/h3-9,14,19H,10-13,15H2,1-2H3. The Bertz CT molecular complexity index is 743. The van der Waals surface area contributed by atoms with E-state index in [1.165, 1.54) is 5.69 Å². The van der Waals surface area contributed by atoms with Crippen LogP contribution in [0, 0.1) is 6.92 Å². The molecule has 1 aliphatic heterocycles. The van der Waals surface area contributed by atoms with Crippen LogP contribution in [0.3, 0.4) is 0 Å². The molecule has 0 aliphatic carbocycles. The summed E-state index contributed by atoms with van der Waals surface area (Å²) in [7, 11) is 2.13. The van der Waals surface area contributed by atoms with E-state index < -0.39 is 0 Å². The summed E-state index contributed by atoms with van der Waals surface area (Å²) in [5.74, 6) is 0.751. The molecule has 2 aromatic rings. The van der Waals surface area contributed by atoms with Gasteiger partial charge in [0, 0.05) is 36.9 Å². The highest BCUT2D eigenvalue weighted by Gasteiger charge is 2.25. The molecule has 1 aliphatic rings. The third-order valence-corrected chi connectivity index (χ3v) is 5.25. The minimum absolute atomic E-state index is 0.0418. The molecule has 0 spiro atoms. The van der Waals surface area contributed by atoms with Gasteiger partial charge in [0.25, 0.3) is 5.91 Å². The van der Waals surface area contributed by atoms with Crippen LogP contribution < -0.4 is 9.64 Å². The number of carbonyl (C=O) groups excluding carboxylic acids is 1. The van der Waals surface area contributed by atoms with Crippen molar-refractivity contribution >= 4 is 23.2 Å². The molecule has 3 rings (SSSR count). The van der Waals surface area contributed by atoms with E-state index in [4.69, 9.17) is 16.3 Å². The van der Waals surface area contributed by atoms with E-state index in [0.29, 0.717) is 16.8 Å². The van der Waals surface area contributed by atoms with Crippen molar-refractivity contribution in [3.8, 4) is 5.75 Å². The van der Waals surface area contributed by atoms with Gasteiger partial charge in [-0.05, 0) is 55.7 Å². The van der Waals surface area contributed by atoms with E-state index in [2.05, 4.69) is 36.2 Å². The van der Waals surface area contributed by atoms with Gasteiger partial charge in [-0.25, -0.2) is 0 Å². The molecule has 0 N–H and O–H groups in total. The molecule has 0 unspecified atom stereocenters. The molecule has 138 valence electrons. The van der Waals surface area contributed by atoms with Crippen molar-refractivity contribution in [1.29, 1.82) is 0 Å². The van der Waals surface area contributed by atoms with Gasteiger partial charge in [0.15, 0.2) is 6.61 Å². The number of hydrogen-bond acceptors (Lipinski definition) is 3. The van der Waals surface area contributed by atoms with E-state index in [1.54, 1.807) is 6.07 Å². The fourth-order valence-electron chi connectivity index (χ4n) is 3.38. The average Bonchev–Trinajstić information content (AvgIpc) is 2.67. The van der Waals surface area contributed by atoms with Gasteiger partial charge in [-0.15, -0.1) is 0 Å². The molecule has 2 aromatic carbocycles. The lowest BCUT2D eigenvalue weighted by molar-refractivity contribution is -0.134. The number of piperidine rings is 1. The Morgan fingerprint density at radius 3 is 2.54 bits per heavy atom. The summed E-state index contributed by atoms with van der Waals surface area (Å²) in [4.78, 5) is 16.7. The number of nitrogens with zero attached hydrogens (tertiary/aromatic N) is 2. The summed E-state index contributed by atoms with van der Waals surface area (Å²) in [6.07, 6.45) is 1.94. The van der Waals surface area contributed by atoms with Gasteiger partial charge in [-0.1, -0.05) is 29.8 Å². The summed E-state index contributed by atoms with van der Waals surface area (Å²) in [5, 5.41) is 0.672. The molecule has 1 fully saturated rings. The number of hydrogen-bond donors (Lipinski definition) is 0. The van der Waals surface area contributed by atoms with Gasteiger partial charge in [-0.2, -0.15) is 0 Å². The smallest absolute Gasteiger partial charge is 0.260 e. The summed E-state index contributed by atoms with van der Waals surface area (Å²) >= 11 is 5.95. The van der Waals surface area contributed by atoms with Crippen LogP contribution in [0.15, 0.2) is 48.5 Å². The number of aryl methyl sites for hydroxylation is 1. The first-order valence-electron chi connectivity index (χ1n) is 8.99. The van der Waals surface area contributed by atoms with Crippen molar-refractivity contribution in [3.63, 3.8) is 0 Å². The summed E-state index contributed by atoms with van der Waals surface area (Å²) in [6.45, 7) is 3.53. The lowest BCUT2D eigenvalue weighted by Crippen LogP contribution is -2.47. The van der Waals surface area contributed by atoms with Crippen molar-refractivity contribution in [2.24, 2.45) is 0 Å². The minimum atomic E-state index is 0.0418. The zero-order valence-electron chi connectivity index (χ0n) is 15.3. The molecule has 4 nitrogen and oxygen atoms in total. The predicted octanol–water partition coefficient (Wildman–Crippen LogP) is 4.15. The molecule has 0 saturated carbocycles. The second-order valence-electron chi connectivity index (χ2n) is 6.76. The Kier molecular flexibility index (Phi) is 6.04. The quantitative estimate of drug-likeness (QED) is 0.790. The van der Waals surface area contributed by atoms with Crippen molar-refractivity contribution in [2.75, 3.05) is 31.6 Å². The van der Waals surface area contributed by atoms with Gasteiger partial charge in [0.1, 0.15) is 5.75 Å². The van der Waals surface area contributed by atoms with E-state index >= 15 is 0 Å². The Morgan fingerprint density at radius 2 is 1.88 bits per heavy atom. The van der Waals surface area contributed by atoms with Crippen LogP contribution in [-0.4, -0.2) is 43.6 Å². The van der Waals surface area contributed by atoms with Crippen LogP contribution in [0.4, 0.5) is 5.69 Å². The molecule has 1 amide bonds. The highest BCUT2D eigenvalue weighted by Crippen LogP contribution is 2.23. The number of amides is 1. The van der Waals surface area contributed by atoms with Crippen LogP contribution in [0.5, 0.6) is 5.75 Å². The lowest BCUT2D eigenvalue weighted by Gasteiger charge is -2.37. The first kappa shape index (κ1) is 18.6. The monoisotopic (exact) mass is 372 g/mol. The van der Waals surface area contributed by atoms with Gasteiger partial charge in [0.05, 0.1) is 0 Å². The number of ether oxygens (including phenoxy) is 1. The fourth-order valence-corrected chi connectivity index (χ4v) is 3.61. The normalized spacial score (nSPS) is 15.0. The zero-order valence-corrected chi connectivity index (χ0v) is 16.1. The van der Waals surface area contributed by atoms with E-state index in [0.717, 1.165) is 31.5 Å². The highest BCUT2D eigenvalue weighted by atomic mass is 35.5. The topological polar surface area (TPSA) is 32.8 Å². The number of benzene rings is 2. The van der Waals surface area contributed by atoms with Crippen LogP contribution in [-0.2, 0) is 4.79 Å². The molecule has 1 heterocycles. The maximum atomic E-state index is 12.5. The van der Waals surface area contributed by atoms with Crippen molar-refractivity contribution in [1.82, 2.24) is 4.90 Å². The highest BCUT2D eigenvalue weighted by molar-refractivity contribution is 6.30. The Hall–Kier alpha value is -2.20. The second kappa shape index (κ2) is 8.45. The van der Waals surface area contributed by atoms with E-state index in [-0.39, 0.29) is 12.5 Å². The van der Waals surface area contributed by atoms with Gasteiger partial charge in [0.2, 0.25) is 0 Å².